The normalized spacial score (nSPS) is 12.7. The largest absolute Gasteiger partial charge is 0.327 e. The van der Waals surface area contributed by atoms with Gasteiger partial charge in [-0.2, -0.15) is 12.6 Å². The number of aryl methyl sites for hydroxylation is 1. The van der Waals surface area contributed by atoms with Crippen molar-refractivity contribution in [2.24, 2.45) is 5.73 Å². The van der Waals surface area contributed by atoms with Crippen molar-refractivity contribution in [2.75, 3.05) is 5.75 Å². The minimum absolute atomic E-state index is 0.272. The SMILES string of the molecule is N[C@@H](CS)CCCCc1ccccc1. The standard InChI is InChI=1S/C12H19NS/c13-12(10-14)9-5-4-8-11-6-2-1-3-7-11/h1-3,6-7,12,14H,4-5,8-10,13H2/t12-/m1/s1. The Morgan fingerprint density at radius 2 is 1.86 bits per heavy atom. The van der Waals surface area contributed by atoms with E-state index < -0.39 is 0 Å². The maximum atomic E-state index is 5.78. The van der Waals surface area contributed by atoms with Gasteiger partial charge in [0, 0.05) is 11.8 Å². The number of benzene rings is 1. The van der Waals surface area contributed by atoms with E-state index in [0.29, 0.717) is 0 Å². The number of thiol groups is 1. The summed E-state index contributed by atoms with van der Waals surface area (Å²) in [6.45, 7) is 0. The van der Waals surface area contributed by atoms with Gasteiger partial charge in [0.2, 0.25) is 0 Å². The van der Waals surface area contributed by atoms with Crippen molar-refractivity contribution in [1.82, 2.24) is 0 Å². The van der Waals surface area contributed by atoms with E-state index >= 15 is 0 Å². The van der Waals surface area contributed by atoms with Crippen LogP contribution in [0.4, 0.5) is 0 Å². The number of unbranched alkanes of at least 4 members (excludes halogenated alkanes) is 1. The van der Waals surface area contributed by atoms with E-state index in [1.54, 1.807) is 0 Å². The quantitative estimate of drug-likeness (QED) is 0.547. The molecule has 0 amide bonds. The first-order valence-corrected chi connectivity index (χ1v) is 5.86. The summed E-state index contributed by atoms with van der Waals surface area (Å²) in [5, 5.41) is 0. The van der Waals surface area contributed by atoms with Gasteiger partial charge < -0.3 is 5.73 Å². The molecular formula is C12H19NS. The van der Waals surface area contributed by atoms with Crippen LogP contribution in [0.25, 0.3) is 0 Å². The Kier molecular flexibility index (Phi) is 5.72. The van der Waals surface area contributed by atoms with Crippen molar-refractivity contribution in [3.63, 3.8) is 0 Å². The van der Waals surface area contributed by atoms with Crippen molar-refractivity contribution in [1.29, 1.82) is 0 Å². The van der Waals surface area contributed by atoms with E-state index in [2.05, 4.69) is 43.0 Å². The smallest absolute Gasteiger partial charge is 0.0127 e. The molecule has 2 N–H and O–H groups in total. The van der Waals surface area contributed by atoms with Crippen LogP contribution >= 0.6 is 12.6 Å². The van der Waals surface area contributed by atoms with Crippen molar-refractivity contribution < 1.29 is 0 Å². The summed E-state index contributed by atoms with van der Waals surface area (Å²) >= 11 is 4.16. The average molecular weight is 209 g/mol. The molecule has 0 saturated carbocycles. The molecule has 0 spiro atoms. The van der Waals surface area contributed by atoms with Crippen molar-refractivity contribution in [3.05, 3.63) is 35.9 Å². The Morgan fingerprint density at radius 1 is 1.14 bits per heavy atom. The van der Waals surface area contributed by atoms with E-state index in [1.165, 1.54) is 24.8 Å². The molecule has 0 heterocycles. The second-order valence-corrected chi connectivity index (χ2v) is 4.04. The van der Waals surface area contributed by atoms with Crippen LogP contribution in [0.3, 0.4) is 0 Å². The first-order valence-electron chi connectivity index (χ1n) is 5.23. The van der Waals surface area contributed by atoms with Gasteiger partial charge in [0.25, 0.3) is 0 Å². The third-order valence-electron chi connectivity index (χ3n) is 2.37. The Labute approximate surface area is 92.1 Å². The highest BCUT2D eigenvalue weighted by Crippen LogP contribution is 2.07. The highest BCUT2D eigenvalue weighted by atomic mass is 32.1. The lowest BCUT2D eigenvalue weighted by Crippen LogP contribution is -2.21. The Bertz CT molecular complexity index is 235. The molecule has 0 aromatic heterocycles. The minimum atomic E-state index is 0.272. The van der Waals surface area contributed by atoms with Crippen LogP contribution in [0.15, 0.2) is 30.3 Å². The molecule has 14 heavy (non-hydrogen) atoms. The molecule has 0 fully saturated rings. The van der Waals surface area contributed by atoms with E-state index in [4.69, 9.17) is 5.73 Å². The number of nitrogens with two attached hydrogens (primary N) is 1. The predicted octanol–water partition coefficient (Wildman–Crippen LogP) is 2.66. The molecule has 1 aromatic carbocycles. The zero-order valence-corrected chi connectivity index (χ0v) is 9.42. The minimum Gasteiger partial charge on any atom is -0.327 e. The molecule has 0 radical (unpaired) electrons. The highest BCUT2D eigenvalue weighted by molar-refractivity contribution is 7.80. The van der Waals surface area contributed by atoms with Gasteiger partial charge in [-0.15, -0.1) is 0 Å². The molecule has 0 aliphatic heterocycles. The summed E-state index contributed by atoms with van der Waals surface area (Å²) in [5.74, 6) is 0.797. The van der Waals surface area contributed by atoms with E-state index in [9.17, 15) is 0 Å². The highest BCUT2D eigenvalue weighted by Gasteiger charge is 1.98. The van der Waals surface area contributed by atoms with Gasteiger partial charge in [-0.1, -0.05) is 36.8 Å². The Hall–Kier alpha value is -0.470. The molecular weight excluding hydrogens is 190 g/mol. The molecule has 0 aliphatic rings. The molecule has 1 nitrogen and oxygen atoms in total. The molecule has 0 aliphatic carbocycles. The lowest BCUT2D eigenvalue weighted by molar-refractivity contribution is 0.604. The summed E-state index contributed by atoms with van der Waals surface area (Å²) in [4.78, 5) is 0. The molecule has 78 valence electrons. The fraction of sp³-hybridized carbons (Fsp3) is 0.500. The van der Waals surface area contributed by atoms with Gasteiger partial charge in [-0.3, -0.25) is 0 Å². The summed E-state index contributed by atoms with van der Waals surface area (Å²) in [7, 11) is 0. The van der Waals surface area contributed by atoms with Gasteiger partial charge in [0.05, 0.1) is 0 Å². The number of rotatable bonds is 6. The monoisotopic (exact) mass is 209 g/mol. The van der Waals surface area contributed by atoms with Gasteiger partial charge in [-0.25, -0.2) is 0 Å². The maximum absolute atomic E-state index is 5.78. The molecule has 0 bridgehead atoms. The zero-order chi connectivity index (χ0) is 10.2. The molecule has 0 unspecified atom stereocenters. The molecule has 1 rings (SSSR count). The molecule has 1 atom stereocenters. The number of hydrogen-bond donors (Lipinski definition) is 2. The lowest BCUT2D eigenvalue weighted by Gasteiger charge is -2.07. The second-order valence-electron chi connectivity index (χ2n) is 3.67. The van der Waals surface area contributed by atoms with Crippen LogP contribution in [0, 0.1) is 0 Å². The van der Waals surface area contributed by atoms with Gasteiger partial charge in [0.15, 0.2) is 0 Å². The fourth-order valence-electron chi connectivity index (χ4n) is 1.47. The van der Waals surface area contributed by atoms with Crippen LogP contribution < -0.4 is 5.73 Å². The summed E-state index contributed by atoms with van der Waals surface area (Å²) in [5.41, 5.74) is 7.20. The first-order chi connectivity index (χ1) is 6.83. The van der Waals surface area contributed by atoms with Crippen molar-refractivity contribution in [3.8, 4) is 0 Å². The zero-order valence-electron chi connectivity index (χ0n) is 8.52. The van der Waals surface area contributed by atoms with E-state index in [1.807, 2.05) is 0 Å². The fourth-order valence-corrected chi connectivity index (χ4v) is 1.65. The van der Waals surface area contributed by atoms with Crippen LogP contribution in [0.5, 0.6) is 0 Å². The van der Waals surface area contributed by atoms with Crippen LogP contribution in [-0.2, 0) is 6.42 Å². The molecule has 2 heteroatoms. The second kappa shape index (κ2) is 6.91. The van der Waals surface area contributed by atoms with E-state index in [-0.39, 0.29) is 6.04 Å². The third-order valence-corrected chi connectivity index (χ3v) is 2.84. The first kappa shape index (κ1) is 11.6. The topological polar surface area (TPSA) is 26.0 Å². The van der Waals surface area contributed by atoms with Gasteiger partial charge in [-0.05, 0) is 24.8 Å². The lowest BCUT2D eigenvalue weighted by atomic mass is 10.1. The number of hydrogen-bond acceptors (Lipinski definition) is 2. The summed E-state index contributed by atoms with van der Waals surface area (Å²) < 4.78 is 0. The van der Waals surface area contributed by atoms with Crippen molar-refractivity contribution >= 4 is 12.6 Å². The van der Waals surface area contributed by atoms with Crippen molar-refractivity contribution in [2.45, 2.75) is 31.7 Å². The molecule has 0 saturated heterocycles. The van der Waals surface area contributed by atoms with Crippen LogP contribution in [-0.4, -0.2) is 11.8 Å². The molecule has 1 aromatic rings. The van der Waals surface area contributed by atoms with Gasteiger partial charge >= 0.3 is 0 Å². The average Bonchev–Trinajstić information content (AvgIpc) is 2.25. The predicted molar refractivity (Wildman–Crippen MR) is 65.8 cm³/mol. The van der Waals surface area contributed by atoms with Crippen LogP contribution in [0.2, 0.25) is 0 Å². The van der Waals surface area contributed by atoms with E-state index in [0.717, 1.165) is 12.2 Å². The Balaban J connectivity index is 2.10. The third kappa shape index (κ3) is 4.68. The summed E-state index contributed by atoms with van der Waals surface area (Å²) in [6, 6.07) is 10.9. The Morgan fingerprint density at radius 3 is 2.50 bits per heavy atom. The van der Waals surface area contributed by atoms with Crippen LogP contribution in [0.1, 0.15) is 24.8 Å². The summed E-state index contributed by atoms with van der Waals surface area (Å²) in [6.07, 6.45) is 4.69. The maximum Gasteiger partial charge on any atom is 0.0127 e. The van der Waals surface area contributed by atoms with Gasteiger partial charge in [0.1, 0.15) is 0 Å².